The molecule has 0 saturated carbocycles. The Labute approximate surface area is 76.6 Å². The van der Waals surface area contributed by atoms with Gasteiger partial charge in [-0.15, -0.1) is 0 Å². The zero-order valence-electron chi connectivity index (χ0n) is 5.63. The van der Waals surface area contributed by atoms with Crippen LogP contribution in [0.2, 0.25) is 0 Å². The maximum atomic E-state index is 9.64. The van der Waals surface area contributed by atoms with Crippen LogP contribution in [0.4, 0.5) is 0 Å². The van der Waals surface area contributed by atoms with Crippen LogP contribution < -0.4 is 34.7 Å². The minimum Gasteiger partial charge on any atom is -0.545 e. The minimum absolute atomic E-state index is 0. The summed E-state index contributed by atoms with van der Waals surface area (Å²) in [7, 11) is 0. The van der Waals surface area contributed by atoms with Crippen molar-refractivity contribution in [1.82, 2.24) is 0 Å². The summed E-state index contributed by atoms with van der Waals surface area (Å²) >= 11 is 0. The molecular formula is C6H7NaO2. The molecule has 0 aromatic carbocycles. The Kier molecular flexibility index (Phi) is 10.3. The molecule has 0 aliphatic rings. The molecule has 0 bridgehead atoms. The van der Waals surface area contributed by atoms with Gasteiger partial charge in [-0.25, -0.2) is 0 Å². The van der Waals surface area contributed by atoms with Gasteiger partial charge in [0.05, 0.1) is 5.97 Å². The standard InChI is InChI=1S/C6H8O2.Na/c1-2-3-4-5-6(7)8;/h2-5H,1H3,(H,7,8);/q;+1/p-1/b3-2+,5-4+;. The van der Waals surface area contributed by atoms with E-state index in [1.54, 1.807) is 19.1 Å². The predicted molar refractivity (Wildman–Crippen MR) is 29.0 cm³/mol. The Morgan fingerprint density at radius 2 is 2.00 bits per heavy atom. The molecule has 0 radical (unpaired) electrons. The molecule has 9 heavy (non-hydrogen) atoms. The van der Waals surface area contributed by atoms with Crippen LogP contribution in [0.1, 0.15) is 6.92 Å². The van der Waals surface area contributed by atoms with Crippen molar-refractivity contribution >= 4 is 5.97 Å². The van der Waals surface area contributed by atoms with E-state index in [-0.39, 0.29) is 29.6 Å². The monoisotopic (exact) mass is 134 g/mol. The van der Waals surface area contributed by atoms with E-state index >= 15 is 0 Å². The van der Waals surface area contributed by atoms with Gasteiger partial charge in [0, 0.05) is 0 Å². The second kappa shape index (κ2) is 7.95. The first-order valence-corrected chi connectivity index (χ1v) is 2.27. The third-order valence-corrected chi connectivity index (χ3v) is 0.536. The van der Waals surface area contributed by atoms with Gasteiger partial charge in [0.15, 0.2) is 0 Å². The van der Waals surface area contributed by atoms with Crippen LogP contribution >= 0.6 is 0 Å². The topological polar surface area (TPSA) is 40.1 Å². The second-order valence-corrected chi connectivity index (χ2v) is 1.20. The van der Waals surface area contributed by atoms with E-state index in [1.165, 1.54) is 6.08 Å². The maximum Gasteiger partial charge on any atom is 1.00 e. The summed E-state index contributed by atoms with van der Waals surface area (Å²) in [6.07, 6.45) is 5.74. The molecule has 3 heteroatoms. The molecule has 0 N–H and O–H groups in total. The number of allylic oxidation sites excluding steroid dienone is 3. The molecule has 0 unspecified atom stereocenters. The first-order valence-electron chi connectivity index (χ1n) is 2.27. The molecule has 0 spiro atoms. The Balaban J connectivity index is 0. The van der Waals surface area contributed by atoms with Crippen LogP contribution in [-0.2, 0) is 4.79 Å². The smallest absolute Gasteiger partial charge is 0.545 e. The number of hydrogen-bond donors (Lipinski definition) is 0. The van der Waals surface area contributed by atoms with E-state index in [0.717, 1.165) is 6.08 Å². The van der Waals surface area contributed by atoms with Gasteiger partial charge in [-0.3, -0.25) is 0 Å². The summed E-state index contributed by atoms with van der Waals surface area (Å²) in [5.74, 6) is -1.16. The number of aliphatic carboxylic acids is 1. The molecule has 0 amide bonds. The van der Waals surface area contributed by atoms with Crippen LogP contribution in [-0.4, -0.2) is 5.97 Å². The van der Waals surface area contributed by atoms with E-state index < -0.39 is 5.97 Å². The van der Waals surface area contributed by atoms with Gasteiger partial charge in [-0.1, -0.05) is 18.2 Å². The quantitative estimate of drug-likeness (QED) is 0.227. The molecule has 44 valence electrons. The van der Waals surface area contributed by atoms with Crippen LogP contribution in [0.25, 0.3) is 0 Å². The predicted octanol–water partition coefficient (Wildman–Crippen LogP) is -3.13. The Morgan fingerprint density at radius 3 is 2.33 bits per heavy atom. The summed E-state index contributed by atoms with van der Waals surface area (Å²) < 4.78 is 0. The number of hydrogen-bond acceptors (Lipinski definition) is 2. The van der Waals surface area contributed by atoms with Crippen molar-refractivity contribution in [2.75, 3.05) is 0 Å². The van der Waals surface area contributed by atoms with Crippen molar-refractivity contribution in [3.63, 3.8) is 0 Å². The third-order valence-electron chi connectivity index (χ3n) is 0.536. The summed E-state index contributed by atoms with van der Waals surface area (Å²) in [4.78, 5) is 9.64. The number of carbonyl (C=O) groups excluding carboxylic acids is 1. The molecule has 0 fully saturated rings. The summed E-state index contributed by atoms with van der Waals surface area (Å²) in [5.41, 5.74) is 0. The number of carboxylic acids is 1. The molecule has 2 nitrogen and oxygen atoms in total. The molecule has 0 saturated heterocycles. The molecule has 0 rings (SSSR count). The number of rotatable bonds is 2. The van der Waals surface area contributed by atoms with Crippen molar-refractivity contribution in [3.05, 3.63) is 24.3 Å². The minimum atomic E-state index is -1.16. The fraction of sp³-hybridized carbons (Fsp3) is 0.167. The Bertz CT molecular complexity index is 127. The van der Waals surface area contributed by atoms with Crippen molar-refractivity contribution in [2.45, 2.75) is 6.92 Å². The van der Waals surface area contributed by atoms with Crippen LogP contribution in [0.5, 0.6) is 0 Å². The second-order valence-electron chi connectivity index (χ2n) is 1.20. The van der Waals surface area contributed by atoms with Gasteiger partial charge in [-0.05, 0) is 13.0 Å². The van der Waals surface area contributed by atoms with E-state index in [9.17, 15) is 9.90 Å². The van der Waals surface area contributed by atoms with E-state index in [0.29, 0.717) is 0 Å². The molecular weight excluding hydrogens is 127 g/mol. The summed E-state index contributed by atoms with van der Waals surface area (Å²) in [6.45, 7) is 1.81. The molecule has 0 aliphatic heterocycles. The number of carbonyl (C=O) groups is 1. The van der Waals surface area contributed by atoms with E-state index in [2.05, 4.69) is 0 Å². The summed E-state index contributed by atoms with van der Waals surface area (Å²) in [5, 5.41) is 9.64. The SMILES string of the molecule is C/C=C/C=C/C(=O)[O-].[Na+]. The summed E-state index contributed by atoms with van der Waals surface area (Å²) in [6, 6.07) is 0. The molecule has 0 atom stereocenters. The van der Waals surface area contributed by atoms with Gasteiger partial charge in [0.1, 0.15) is 0 Å². The van der Waals surface area contributed by atoms with Gasteiger partial charge in [0.25, 0.3) is 0 Å². The van der Waals surface area contributed by atoms with Crippen LogP contribution in [0, 0.1) is 0 Å². The Morgan fingerprint density at radius 1 is 1.44 bits per heavy atom. The normalized spacial score (nSPS) is 9.89. The average Bonchev–Trinajstić information content (AvgIpc) is 1.66. The third kappa shape index (κ3) is 11.5. The number of carboxylic acid groups (broad SMARTS) is 1. The first kappa shape index (κ1) is 11.7. The van der Waals surface area contributed by atoms with E-state index in [1.807, 2.05) is 0 Å². The molecule has 0 aliphatic carbocycles. The van der Waals surface area contributed by atoms with Crippen molar-refractivity contribution in [1.29, 1.82) is 0 Å². The maximum absolute atomic E-state index is 9.64. The van der Waals surface area contributed by atoms with Gasteiger partial charge >= 0.3 is 29.6 Å². The first-order chi connectivity index (χ1) is 3.77. The van der Waals surface area contributed by atoms with Gasteiger partial charge < -0.3 is 9.90 Å². The average molecular weight is 134 g/mol. The van der Waals surface area contributed by atoms with Crippen LogP contribution in [0.3, 0.4) is 0 Å². The molecule has 0 heterocycles. The fourth-order valence-electron chi connectivity index (χ4n) is 0.245. The largest absolute Gasteiger partial charge is 1.00 e. The zero-order valence-corrected chi connectivity index (χ0v) is 7.63. The zero-order chi connectivity index (χ0) is 6.41. The van der Waals surface area contributed by atoms with Crippen molar-refractivity contribution in [3.8, 4) is 0 Å². The fourth-order valence-corrected chi connectivity index (χ4v) is 0.245. The van der Waals surface area contributed by atoms with Crippen molar-refractivity contribution < 1.29 is 39.5 Å². The van der Waals surface area contributed by atoms with Gasteiger partial charge in [0.2, 0.25) is 0 Å². The molecule has 0 aromatic heterocycles. The van der Waals surface area contributed by atoms with Crippen LogP contribution in [0.15, 0.2) is 24.3 Å². The molecule has 0 aromatic rings. The Hall–Kier alpha value is -0.0500. The van der Waals surface area contributed by atoms with E-state index in [4.69, 9.17) is 0 Å². The van der Waals surface area contributed by atoms with Gasteiger partial charge in [-0.2, -0.15) is 0 Å². The van der Waals surface area contributed by atoms with Crippen molar-refractivity contribution in [2.24, 2.45) is 0 Å².